The number of hydrogen-bond donors (Lipinski definition) is 0. The van der Waals surface area contributed by atoms with Crippen molar-refractivity contribution in [3.05, 3.63) is 62.3 Å². The van der Waals surface area contributed by atoms with Gasteiger partial charge in [-0.3, -0.25) is 19.7 Å². The monoisotopic (exact) mass is 528 g/mol. The Labute approximate surface area is 218 Å². The largest absolute Gasteiger partial charge is 0.466 e. The SMILES string of the molecule is CCOC(=O)[C@H]1CCCN(C(=O)CC2=CSC3=NC(C)=C(C(=O)OC)[C@@H](c4ccc([N+](=O)[O-])cc4)N23)C1. The number of piperidine rings is 1. The molecule has 0 unspecified atom stereocenters. The summed E-state index contributed by atoms with van der Waals surface area (Å²) in [6.07, 6.45) is 1.43. The number of aliphatic imine (C=N–C) groups is 1. The first kappa shape index (κ1) is 26.4. The highest BCUT2D eigenvalue weighted by Crippen LogP contribution is 2.45. The summed E-state index contributed by atoms with van der Waals surface area (Å²) in [6.45, 7) is 4.61. The highest BCUT2D eigenvalue weighted by atomic mass is 32.2. The summed E-state index contributed by atoms with van der Waals surface area (Å²) < 4.78 is 10.2. The lowest BCUT2D eigenvalue weighted by atomic mass is 9.93. The van der Waals surface area contributed by atoms with Crippen molar-refractivity contribution in [1.29, 1.82) is 0 Å². The predicted octanol–water partition coefficient (Wildman–Crippen LogP) is 3.53. The number of nitro benzene ring substituents is 1. The molecule has 0 spiro atoms. The van der Waals surface area contributed by atoms with E-state index in [4.69, 9.17) is 9.47 Å². The first-order valence-electron chi connectivity index (χ1n) is 12.0. The summed E-state index contributed by atoms with van der Waals surface area (Å²) in [4.78, 5) is 57.2. The van der Waals surface area contributed by atoms with Crippen molar-refractivity contribution in [2.75, 3.05) is 26.8 Å². The van der Waals surface area contributed by atoms with Gasteiger partial charge in [0, 0.05) is 30.9 Å². The van der Waals surface area contributed by atoms with Crippen LogP contribution in [0.15, 0.2) is 51.6 Å². The lowest BCUT2D eigenvalue weighted by Crippen LogP contribution is -2.44. The average Bonchev–Trinajstić information content (AvgIpc) is 3.29. The third kappa shape index (κ3) is 5.38. The molecule has 1 amide bonds. The molecule has 0 N–H and O–H groups in total. The number of methoxy groups -OCH3 is 1. The van der Waals surface area contributed by atoms with Gasteiger partial charge >= 0.3 is 11.9 Å². The molecule has 11 nitrogen and oxygen atoms in total. The van der Waals surface area contributed by atoms with Crippen LogP contribution in [0.5, 0.6) is 0 Å². The van der Waals surface area contributed by atoms with Gasteiger partial charge in [-0.2, -0.15) is 0 Å². The summed E-state index contributed by atoms with van der Waals surface area (Å²) in [5.41, 5.74) is 1.96. The number of amidine groups is 1. The Morgan fingerprint density at radius 1 is 1.24 bits per heavy atom. The number of likely N-dealkylation sites (tertiary alicyclic amines) is 1. The van der Waals surface area contributed by atoms with E-state index in [1.807, 2.05) is 10.3 Å². The minimum Gasteiger partial charge on any atom is -0.466 e. The fourth-order valence-electron chi connectivity index (χ4n) is 4.76. The predicted molar refractivity (Wildman–Crippen MR) is 136 cm³/mol. The number of fused-ring (bicyclic) bond motifs is 1. The maximum absolute atomic E-state index is 13.3. The summed E-state index contributed by atoms with van der Waals surface area (Å²) in [5, 5.41) is 13.6. The van der Waals surface area contributed by atoms with Crippen LogP contribution in [0, 0.1) is 16.0 Å². The van der Waals surface area contributed by atoms with Gasteiger partial charge < -0.3 is 19.3 Å². The number of thioether (sulfide) groups is 1. The number of nitrogens with zero attached hydrogens (tertiary/aromatic N) is 4. The molecular weight excluding hydrogens is 500 g/mol. The first-order valence-corrected chi connectivity index (χ1v) is 12.8. The van der Waals surface area contributed by atoms with Crippen LogP contribution < -0.4 is 0 Å². The molecule has 0 bridgehead atoms. The van der Waals surface area contributed by atoms with Crippen molar-refractivity contribution in [3.8, 4) is 0 Å². The van der Waals surface area contributed by atoms with E-state index in [9.17, 15) is 24.5 Å². The zero-order chi connectivity index (χ0) is 26.7. The van der Waals surface area contributed by atoms with Crippen molar-refractivity contribution in [2.24, 2.45) is 10.9 Å². The molecule has 3 aliphatic rings. The zero-order valence-electron chi connectivity index (χ0n) is 20.8. The van der Waals surface area contributed by atoms with Crippen molar-refractivity contribution in [1.82, 2.24) is 9.80 Å². The Morgan fingerprint density at radius 3 is 2.62 bits per heavy atom. The summed E-state index contributed by atoms with van der Waals surface area (Å²) >= 11 is 1.34. The van der Waals surface area contributed by atoms with E-state index in [1.165, 1.54) is 31.0 Å². The van der Waals surface area contributed by atoms with Crippen molar-refractivity contribution in [3.63, 3.8) is 0 Å². The number of esters is 2. The van der Waals surface area contributed by atoms with Gasteiger partial charge in [-0.15, -0.1) is 0 Å². The number of amides is 1. The lowest BCUT2D eigenvalue weighted by molar-refractivity contribution is -0.384. The number of hydrogen-bond acceptors (Lipinski definition) is 10. The molecule has 0 saturated carbocycles. The Balaban J connectivity index is 1.61. The standard InChI is InChI=1S/C25H28N4O7S/c1-4-36-23(31)17-6-5-11-27(13-17)20(30)12-19-14-37-25-26-15(2)21(24(32)35-3)22(28(19)25)16-7-9-18(10-8-16)29(33)34/h7-10,14,17,22H,4-6,11-13H2,1-3H3/t17-,22+/m0/s1. The summed E-state index contributed by atoms with van der Waals surface area (Å²) in [7, 11) is 1.28. The molecule has 3 heterocycles. The first-order chi connectivity index (χ1) is 17.7. The van der Waals surface area contributed by atoms with E-state index in [0.29, 0.717) is 60.2 Å². The number of benzene rings is 1. The number of rotatable bonds is 7. The fourth-order valence-corrected chi connectivity index (χ4v) is 5.72. The van der Waals surface area contributed by atoms with Crippen molar-refractivity contribution >= 4 is 40.5 Å². The second kappa shape index (κ2) is 11.2. The average molecular weight is 529 g/mol. The summed E-state index contributed by atoms with van der Waals surface area (Å²) in [6, 6.07) is 5.28. The van der Waals surface area contributed by atoms with Gasteiger partial charge in [0.2, 0.25) is 5.91 Å². The number of carbonyl (C=O) groups excluding carboxylic acids is 3. The Kier molecular flexibility index (Phi) is 7.96. The smallest absolute Gasteiger partial charge is 0.338 e. The highest BCUT2D eigenvalue weighted by molar-refractivity contribution is 8.16. The van der Waals surface area contributed by atoms with Crippen LogP contribution in [0.4, 0.5) is 5.69 Å². The number of non-ortho nitro benzene ring substituents is 1. The second-order valence-corrected chi connectivity index (χ2v) is 9.68. The van der Waals surface area contributed by atoms with Crippen LogP contribution in [0.3, 0.4) is 0 Å². The van der Waals surface area contributed by atoms with E-state index < -0.39 is 16.9 Å². The molecule has 2 atom stereocenters. The molecule has 37 heavy (non-hydrogen) atoms. The molecule has 4 rings (SSSR count). The Bertz CT molecular complexity index is 1210. The summed E-state index contributed by atoms with van der Waals surface area (Å²) in [5.74, 6) is -1.35. The molecular formula is C25H28N4O7S. The van der Waals surface area contributed by atoms with Gasteiger partial charge in [-0.05, 0) is 49.8 Å². The Hall–Kier alpha value is -3.67. The molecule has 196 valence electrons. The molecule has 0 aliphatic carbocycles. The van der Waals surface area contributed by atoms with Gasteiger partial charge in [0.25, 0.3) is 5.69 Å². The van der Waals surface area contributed by atoms with Crippen LogP contribution in [0.1, 0.15) is 44.7 Å². The molecule has 12 heteroatoms. The topological polar surface area (TPSA) is 132 Å². The van der Waals surface area contributed by atoms with Gasteiger partial charge in [-0.25, -0.2) is 9.79 Å². The maximum Gasteiger partial charge on any atom is 0.338 e. The fraction of sp³-hybridized carbons (Fsp3) is 0.440. The van der Waals surface area contributed by atoms with Gasteiger partial charge in [0.05, 0.1) is 48.3 Å². The number of allylic oxidation sites excluding steroid dienone is 1. The molecule has 1 saturated heterocycles. The van der Waals surface area contributed by atoms with Crippen LogP contribution in [-0.2, 0) is 23.9 Å². The van der Waals surface area contributed by atoms with E-state index in [2.05, 4.69) is 4.99 Å². The van der Waals surface area contributed by atoms with Gasteiger partial charge in [0.1, 0.15) is 0 Å². The minimum atomic E-state index is -0.677. The lowest BCUT2D eigenvalue weighted by Gasteiger charge is -2.37. The molecule has 0 radical (unpaired) electrons. The van der Waals surface area contributed by atoms with Crippen LogP contribution in [0.25, 0.3) is 0 Å². The number of ether oxygens (including phenoxy) is 2. The normalized spacial score (nSPS) is 21.2. The van der Waals surface area contributed by atoms with E-state index in [1.54, 1.807) is 30.9 Å². The molecule has 1 aromatic carbocycles. The van der Waals surface area contributed by atoms with E-state index in [-0.39, 0.29) is 29.9 Å². The number of nitro groups is 1. The van der Waals surface area contributed by atoms with Crippen LogP contribution >= 0.6 is 11.8 Å². The molecule has 0 aromatic heterocycles. The third-order valence-electron chi connectivity index (χ3n) is 6.55. The molecule has 1 aromatic rings. The van der Waals surface area contributed by atoms with Crippen LogP contribution in [-0.4, -0.2) is 64.5 Å². The highest BCUT2D eigenvalue weighted by Gasteiger charge is 2.41. The van der Waals surface area contributed by atoms with Crippen LogP contribution in [0.2, 0.25) is 0 Å². The van der Waals surface area contributed by atoms with E-state index in [0.717, 1.165) is 0 Å². The minimum absolute atomic E-state index is 0.0402. The molecule has 1 fully saturated rings. The number of carbonyl (C=O) groups is 3. The quantitative estimate of drug-likeness (QED) is 0.296. The van der Waals surface area contributed by atoms with Gasteiger partial charge in [-0.1, -0.05) is 11.8 Å². The maximum atomic E-state index is 13.3. The zero-order valence-corrected chi connectivity index (χ0v) is 21.7. The van der Waals surface area contributed by atoms with Crippen molar-refractivity contribution < 1.29 is 28.8 Å². The van der Waals surface area contributed by atoms with Crippen molar-refractivity contribution in [2.45, 2.75) is 39.2 Å². The second-order valence-electron chi connectivity index (χ2n) is 8.84. The molecule has 3 aliphatic heterocycles. The Morgan fingerprint density at radius 2 is 1.97 bits per heavy atom. The van der Waals surface area contributed by atoms with Gasteiger partial charge in [0.15, 0.2) is 5.17 Å². The third-order valence-corrected chi connectivity index (χ3v) is 7.44. The van der Waals surface area contributed by atoms with E-state index >= 15 is 0 Å².